The molecule has 0 saturated carbocycles. The lowest BCUT2D eigenvalue weighted by Crippen LogP contribution is -2.06. The molecule has 1 fully saturated rings. The molecule has 1 rings (SSSR count). The van der Waals surface area contributed by atoms with E-state index >= 15 is 0 Å². The number of rotatable bonds is 0. The third kappa shape index (κ3) is 24.5. The first kappa shape index (κ1) is 32.9. The SMILES string of the molecule is O=C1CCCCCCCCOCCCCCCOC(=O)CCCCCCCCOCCCCCCO1. The molecule has 1 heterocycles. The van der Waals surface area contributed by atoms with Gasteiger partial charge in [0, 0.05) is 39.3 Å². The van der Waals surface area contributed by atoms with Gasteiger partial charge in [-0.3, -0.25) is 9.59 Å². The number of carbonyl (C=O) groups is 2. The van der Waals surface area contributed by atoms with E-state index in [0.29, 0.717) is 26.1 Å². The van der Waals surface area contributed by atoms with Crippen LogP contribution in [0.5, 0.6) is 0 Å². The molecule has 0 aromatic rings. The molecule has 6 nitrogen and oxygen atoms in total. The summed E-state index contributed by atoms with van der Waals surface area (Å²) in [5.74, 6) is -0.0742. The van der Waals surface area contributed by atoms with Gasteiger partial charge in [0.1, 0.15) is 0 Å². The summed E-state index contributed by atoms with van der Waals surface area (Å²) in [4.78, 5) is 23.7. The number of ether oxygens (including phenoxy) is 4. The van der Waals surface area contributed by atoms with Gasteiger partial charge in [0.25, 0.3) is 0 Å². The Hall–Kier alpha value is -1.14. The molecule has 0 amide bonds. The van der Waals surface area contributed by atoms with Crippen LogP contribution in [-0.2, 0) is 28.5 Å². The Labute approximate surface area is 221 Å². The molecule has 36 heavy (non-hydrogen) atoms. The average molecular weight is 513 g/mol. The van der Waals surface area contributed by atoms with Gasteiger partial charge in [0.2, 0.25) is 0 Å². The summed E-state index contributed by atoms with van der Waals surface area (Å²) in [5, 5.41) is 0. The topological polar surface area (TPSA) is 71.1 Å². The van der Waals surface area contributed by atoms with E-state index in [4.69, 9.17) is 18.9 Å². The maximum Gasteiger partial charge on any atom is 0.305 e. The lowest BCUT2D eigenvalue weighted by molar-refractivity contribution is -0.144. The molecule has 0 N–H and O–H groups in total. The zero-order valence-electron chi connectivity index (χ0n) is 23.2. The molecule has 1 aliphatic heterocycles. The van der Waals surface area contributed by atoms with Gasteiger partial charge < -0.3 is 18.9 Å². The second-order valence-corrected chi connectivity index (χ2v) is 10.2. The van der Waals surface area contributed by atoms with Crippen LogP contribution in [0.3, 0.4) is 0 Å². The zero-order chi connectivity index (χ0) is 25.8. The second kappa shape index (κ2) is 26.9. The van der Waals surface area contributed by atoms with E-state index in [2.05, 4.69) is 0 Å². The lowest BCUT2D eigenvalue weighted by atomic mass is 10.1. The number of esters is 2. The Morgan fingerprint density at radius 1 is 0.306 bits per heavy atom. The predicted molar refractivity (Wildman–Crippen MR) is 145 cm³/mol. The maximum atomic E-state index is 11.8. The summed E-state index contributed by atoms with van der Waals surface area (Å²) in [6, 6.07) is 0. The molecule has 0 bridgehead atoms. The highest BCUT2D eigenvalue weighted by Gasteiger charge is 2.04. The van der Waals surface area contributed by atoms with Crippen LogP contribution in [0.4, 0.5) is 0 Å². The van der Waals surface area contributed by atoms with Gasteiger partial charge in [-0.15, -0.1) is 0 Å². The molecule has 0 aromatic carbocycles. The molecule has 1 aliphatic rings. The first-order valence-electron chi connectivity index (χ1n) is 15.3. The number of cyclic esters (lactones) is 2. The molecular weight excluding hydrogens is 456 g/mol. The smallest absolute Gasteiger partial charge is 0.305 e. The Bertz CT molecular complexity index is 412. The monoisotopic (exact) mass is 512 g/mol. The minimum Gasteiger partial charge on any atom is -0.466 e. The fourth-order valence-corrected chi connectivity index (χ4v) is 4.40. The van der Waals surface area contributed by atoms with Crippen molar-refractivity contribution >= 4 is 11.9 Å². The number of hydrogen-bond donors (Lipinski definition) is 0. The van der Waals surface area contributed by atoms with Crippen molar-refractivity contribution < 1.29 is 28.5 Å². The van der Waals surface area contributed by atoms with Crippen LogP contribution in [0.2, 0.25) is 0 Å². The highest BCUT2D eigenvalue weighted by molar-refractivity contribution is 5.69. The average Bonchev–Trinajstić information content (AvgIpc) is 2.87. The van der Waals surface area contributed by atoms with E-state index in [1.165, 1.54) is 38.5 Å². The van der Waals surface area contributed by atoms with Crippen molar-refractivity contribution in [3.63, 3.8) is 0 Å². The van der Waals surface area contributed by atoms with E-state index in [1.807, 2.05) is 0 Å². The summed E-state index contributed by atoms with van der Waals surface area (Å²) in [5.41, 5.74) is 0. The van der Waals surface area contributed by atoms with E-state index < -0.39 is 0 Å². The van der Waals surface area contributed by atoms with E-state index in [0.717, 1.165) is 116 Å². The quantitative estimate of drug-likeness (QED) is 0.310. The standard InChI is InChI=1S/C30H56O6/c31-29-21-13-5-1-3-7-15-23-33-25-17-9-12-20-28-36-30(32)22-14-6-2-4-8-16-24-34-26-18-10-11-19-27-35-29/h1-28H2. The first-order chi connectivity index (χ1) is 17.8. The molecule has 0 aromatic heterocycles. The van der Waals surface area contributed by atoms with Crippen molar-refractivity contribution in [2.45, 2.75) is 141 Å². The highest BCUT2D eigenvalue weighted by Crippen LogP contribution is 2.11. The summed E-state index contributed by atoms with van der Waals surface area (Å²) in [7, 11) is 0. The van der Waals surface area contributed by atoms with Gasteiger partial charge in [0.15, 0.2) is 0 Å². The van der Waals surface area contributed by atoms with E-state index in [9.17, 15) is 9.59 Å². The van der Waals surface area contributed by atoms with Gasteiger partial charge >= 0.3 is 11.9 Å². The van der Waals surface area contributed by atoms with Crippen LogP contribution in [0.1, 0.15) is 141 Å². The van der Waals surface area contributed by atoms with Crippen molar-refractivity contribution in [2.75, 3.05) is 39.6 Å². The molecule has 0 unspecified atom stereocenters. The molecule has 1 saturated heterocycles. The lowest BCUT2D eigenvalue weighted by Gasteiger charge is -2.07. The van der Waals surface area contributed by atoms with Crippen LogP contribution in [0, 0.1) is 0 Å². The zero-order valence-corrected chi connectivity index (χ0v) is 23.2. The third-order valence-corrected chi connectivity index (χ3v) is 6.73. The Morgan fingerprint density at radius 2 is 0.556 bits per heavy atom. The number of carbonyl (C=O) groups excluding carboxylic acids is 2. The fraction of sp³-hybridized carbons (Fsp3) is 0.933. The van der Waals surface area contributed by atoms with Crippen LogP contribution in [-0.4, -0.2) is 51.6 Å². The Morgan fingerprint density at radius 3 is 0.889 bits per heavy atom. The Balaban J connectivity index is 2.11. The summed E-state index contributed by atoms with van der Waals surface area (Å²) in [6.07, 6.45) is 23.1. The first-order valence-corrected chi connectivity index (χ1v) is 15.3. The fourth-order valence-electron chi connectivity index (χ4n) is 4.40. The molecule has 212 valence electrons. The van der Waals surface area contributed by atoms with Gasteiger partial charge in [-0.1, -0.05) is 64.2 Å². The summed E-state index contributed by atoms with van der Waals surface area (Å²) in [6.45, 7) is 4.46. The molecule has 6 heteroatoms. The largest absolute Gasteiger partial charge is 0.466 e. The van der Waals surface area contributed by atoms with Crippen molar-refractivity contribution in [3.05, 3.63) is 0 Å². The van der Waals surface area contributed by atoms with E-state index in [1.54, 1.807) is 0 Å². The van der Waals surface area contributed by atoms with Gasteiger partial charge in [0.05, 0.1) is 13.2 Å². The minimum atomic E-state index is -0.0371. The Kier molecular flexibility index (Phi) is 24.6. The van der Waals surface area contributed by atoms with Gasteiger partial charge in [-0.2, -0.15) is 0 Å². The van der Waals surface area contributed by atoms with Crippen LogP contribution >= 0.6 is 0 Å². The number of hydrogen-bond acceptors (Lipinski definition) is 6. The van der Waals surface area contributed by atoms with Crippen LogP contribution < -0.4 is 0 Å². The van der Waals surface area contributed by atoms with Crippen molar-refractivity contribution in [3.8, 4) is 0 Å². The molecule has 0 atom stereocenters. The summed E-state index contributed by atoms with van der Waals surface area (Å²) >= 11 is 0. The van der Waals surface area contributed by atoms with Crippen LogP contribution in [0.15, 0.2) is 0 Å². The second-order valence-electron chi connectivity index (χ2n) is 10.2. The van der Waals surface area contributed by atoms with Crippen LogP contribution in [0.25, 0.3) is 0 Å². The normalized spacial score (nSPS) is 23.0. The van der Waals surface area contributed by atoms with Gasteiger partial charge in [-0.05, 0) is 64.2 Å². The molecule has 0 spiro atoms. The van der Waals surface area contributed by atoms with E-state index in [-0.39, 0.29) is 11.9 Å². The highest BCUT2D eigenvalue weighted by atomic mass is 16.5. The van der Waals surface area contributed by atoms with Crippen molar-refractivity contribution in [2.24, 2.45) is 0 Å². The third-order valence-electron chi connectivity index (χ3n) is 6.73. The minimum absolute atomic E-state index is 0.0371. The van der Waals surface area contributed by atoms with Gasteiger partial charge in [-0.25, -0.2) is 0 Å². The van der Waals surface area contributed by atoms with Crippen molar-refractivity contribution in [1.29, 1.82) is 0 Å². The molecule has 0 radical (unpaired) electrons. The predicted octanol–water partition coefficient (Wildman–Crippen LogP) is 7.70. The molecule has 0 aliphatic carbocycles. The maximum absolute atomic E-state index is 11.8. The molecular formula is C30H56O6. The summed E-state index contributed by atoms with van der Waals surface area (Å²) < 4.78 is 22.2. The van der Waals surface area contributed by atoms with Crippen molar-refractivity contribution in [1.82, 2.24) is 0 Å².